The van der Waals surface area contributed by atoms with Crippen LogP contribution in [0.3, 0.4) is 0 Å². The molecule has 2 N–H and O–H groups in total. The van der Waals surface area contributed by atoms with Crippen LogP contribution in [0.15, 0.2) is 60.7 Å². The standard InChI is InChI=1S/C29H37N3O5/c1-29(2,3)37-28(35)31-26-11-7-6-9-23(26)21-25(33)10-5-4-8-16-30-27(34)22-12-14-24(15-13-22)32-17-19-36-20-18-32/h5-7,9-15H,4,8,16-21H2,1-3H3,(H,30,34)(H,31,35)/b10-5+. The van der Waals surface area contributed by atoms with Gasteiger partial charge in [0.15, 0.2) is 5.78 Å². The van der Waals surface area contributed by atoms with Crippen LogP contribution in [0.1, 0.15) is 49.5 Å². The number of unbranched alkanes of at least 4 members (excludes halogenated alkanes) is 1. The van der Waals surface area contributed by atoms with E-state index in [1.165, 1.54) is 0 Å². The SMILES string of the molecule is CC(C)(C)OC(=O)Nc1ccccc1CC(=O)/C=C/CCCNC(=O)c1ccc(N2CCOCC2)cc1. The van der Waals surface area contributed by atoms with E-state index in [0.29, 0.717) is 24.2 Å². The van der Waals surface area contributed by atoms with Crippen LogP contribution in [0.25, 0.3) is 0 Å². The van der Waals surface area contributed by atoms with E-state index in [4.69, 9.17) is 9.47 Å². The van der Waals surface area contributed by atoms with Gasteiger partial charge in [-0.2, -0.15) is 0 Å². The summed E-state index contributed by atoms with van der Waals surface area (Å²) in [7, 11) is 0. The highest BCUT2D eigenvalue weighted by molar-refractivity contribution is 5.95. The first kappa shape index (κ1) is 27.9. The third-order valence-corrected chi connectivity index (χ3v) is 5.66. The Bertz CT molecular complexity index is 1080. The summed E-state index contributed by atoms with van der Waals surface area (Å²) in [6.07, 6.45) is 4.36. The molecule has 37 heavy (non-hydrogen) atoms. The number of carbonyl (C=O) groups is 3. The Balaban J connectivity index is 1.38. The molecule has 8 nitrogen and oxygen atoms in total. The molecule has 0 atom stereocenters. The highest BCUT2D eigenvalue weighted by Crippen LogP contribution is 2.19. The van der Waals surface area contributed by atoms with Crippen molar-refractivity contribution in [3.05, 3.63) is 71.8 Å². The average Bonchev–Trinajstić information content (AvgIpc) is 2.86. The number of hydrogen-bond donors (Lipinski definition) is 2. The Hall–Kier alpha value is -3.65. The first-order chi connectivity index (χ1) is 17.7. The van der Waals surface area contributed by atoms with E-state index in [1.807, 2.05) is 42.5 Å². The molecule has 1 aliphatic rings. The van der Waals surface area contributed by atoms with Gasteiger partial charge in [-0.25, -0.2) is 4.79 Å². The zero-order valence-electron chi connectivity index (χ0n) is 21.9. The summed E-state index contributed by atoms with van der Waals surface area (Å²) in [5.74, 6) is -0.175. The lowest BCUT2D eigenvalue weighted by atomic mass is 10.1. The van der Waals surface area contributed by atoms with Gasteiger partial charge in [0.25, 0.3) is 5.91 Å². The maximum atomic E-state index is 12.4. The molecule has 0 unspecified atom stereocenters. The lowest BCUT2D eigenvalue weighted by Crippen LogP contribution is -2.36. The third kappa shape index (κ3) is 9.73. The summed E-state index contributed by atoms with van der Waals surface area (Å²) in [4.78, 5) is 39.2. The average molecular weight is 508 g/mol. The summed E-state index contributed by atoms with van der Waals surface area (Å²) < 4.78 is 10.7. The molecular weight excluding hydrogens is 470 g/mol. The Morgan fingerprint density at radius 3 is 2.43 bits per heavy atom. The fourth-order valence-electron chi connectivity index (χ4n) is 3.84. The van der Waals surface area contributed by atoms with Gasteiger partial charge in [-0.3, -0.25) is 14.9 Å². The minimum Gasteiger partial charge on any atom is -0.444 e. The predicted octanol–water partition coefficient (Wildman–Crippen LogP) is 4.75. The number of nitrogens with zero attached hydrogens (tertiary/aromatic N) is 1. The summed E-state index contributed by atoms with van der Waals surface area (Å²) in [5, 5.41) is 5.64. The Morgan fingerprint density at radius 1 is 1.03 bits per heavy atom. The van der Waals surface area contributed by atoms with Crippen molar-refractivity contribution in [2.24, 2.45) is 0 Å². The van der Waals surface area contributed by atoms with Gasteiger partial charge >= 0.3 is 6.09 Å². The van der Waals surface area contributed by atoms with Gasteiger partial charge in [0, 0.05) is 43.0 Å². The van der Waals surface area contributed by atoms with Crippen molar-refractivity contribution >= 4 is 29.2 Å². The molecule has 1 fully saturated rings. The highest BCUT2D eigenvalue weighted by Gasteiger charge is 2.17. The maximum Gasteiger partial charge on any atom is 0.412 e. The fourth-order valence-corrected chi connectivity index (χ4v) is 3.84. The summed E-state index contributed by atoms with van der Waals surface area (Å²) in [6, 6.07) is 14.8. The van der Waals surface area contributed by atoms with Crippen molar-refractivity contribution in [1.29, 1.82) is 0 Å². The molecule has 0 radical (unpaired) electrons. The molecule has 1 heterocycles. The molecule has 8 heteroatoms. The molecule has 2 amide bonds. The number of benzene rings is 2. The number of ether oxygens (including phenoxy) is 2. The number of amides is 2. The van der Waals surface area contributed by atoms with E-state index in [1.54, 1.807) is 39.0 Å². The van der Waals surface area contributed by atoms with E-state index in [-0.39, 0.29) is 18.1 Å². The zero-order chi connectivity index (χ0) is 26.7. The number of morpholine rings is 1. The molecule has 0 saturated carbocycles. The number of anilines is 2. The van der Waals surface area contributed by atoms with Crippen molar-refractivity contribution in [1.82, 2.24) is 5.32 Å². The smallest absolute Gasteiger partial charge is 0.412 e. The lowest BCUT2D eigenvalue weighted by Gasteiger charge is -2.28. The van der Waals surface area contributed by atoms with Crippen LogP contribution in [0, 0.1) is 0 Å². The third-order valence-electron chi connectivity index (χ3n) is 5.66. The van der Waals surface area contributed by atoms with Crippen molar-refractivity contribution in [3.8, 4) is 0 Å². The van der Waals surface area contributed by atoms with Crippen LogP contribution in [-0.4, -0.2) is 56.2 Å². The second-order valence-corrected chi connectivity index (χ2v) is 9.87. The Labute approximate surface area is 219 Å². The molecule has 1 aliphatic heterocycles. The number of carbonyl (C=O) groups excluding carboxylic acids is 3. The van der Waals surface area contributed by atoms with Crippen LogP contribution in [-0.2, 0) is 20.7 Å². The Kier molecular flexibility index (Phi) is 10.3. The summed E-state index contributed by atoms with van der Waals surface area (Å²) in [5.41, 5.74) is 2.39. The molecular formula is C29H37N3O5. The van der Waals surface area contributed by atoms with Crippen LogP contribution >= 0.6 is 0 Å². The summed E-state index contributed by atoms with van der Waals surface area (Å²) in [6.45, 7) is 9.06. The van der Waals surface area contributed by atoms with Gasteiger partial charge in [-0.15, -0.1) is 0 Å². The Morgan fingerprint density at radius 2 is 1.73 bits per heavy atom. The molecule has 3 rings (SSSR count). The lowest BCUT2D eigenvalue weighted by molar-refractivity contribution is -0.114. The molecule has 1 saturated heterocycles. The van der Waals surface area contributed by atoms with Gasteiger partial charge in [-0.1, -0.05) is 24.3 Å². The number of hydrogen-bond acceptors (Lipinski definition) is 6. The minimum atomic E-state index is -0.606. The van der Waals surface area contributed by atoms with Crippen molar-refractivity contribution in [3.63, 3.8) is 0 Å². The molecule has 0 aliphatic carbocycles. The predicted molar refractivity (Wildman–Crippen MR) is 145 cm³/mol. The van der Waals surface area contributed by atoms with Crippen LogP contribution in [0.2, 0.25) is 0 Å². The molecule has 198 valence electrons. The molecule has 0 bridgehead atoms. The quantitative estimate of drug-likeness (QED) is 0.356. The van der Waals surface area contributed by atoms with Gasteiger partial charge in [0.05, 0.1) is 13.2 Å². The van der Waals surface area contributed by atoms with E-state index in [0.717, 1.165) is 44.0 Å². The normalized spacial score (nSPS) is 13.9. The van der Waals surface area contributed by atoms with Crippen molar-refractivity contribution in [2.45, 2.75) is 45.6 Å². The molecule has 0 aromatic heterocycles. The van der Waals surface area contributed by atoms with Gasteiger partial charge in [0.2, 0.25) is 0 Å². The molecule has 2 aromatic carbocycles. The monoisotopic (exact) mass is 507 g/mol. The second-order valence-electron chi connectivity index (χ2n) is 9.87. The van der Waals surface area contributed by atoms with E-state index >= 15 is 0 Å². The van der Waals surface area contributed by atoms with E-state index in [2.05, 4.69) is 15.5 Å². The first-order valence-electron chi connectivity index (χ1n) is 12.7. The number of ketones is 1. The van der Waals surface area contributed by atoms with Crippen LogP contribution < -0.4 is 15.5 Å². The largest absolute Gasteiger partial charge is 0.444 e. The fraction of sp³-hybridized carbons (Fsp3) is 0.414. The first-order valence-corrected chi connectivity index (χ1v) is 12.7. The van der Waals surface area contributed by atoms with E-state index < -0.39 is 11.7 Å². The number of allylic oxidation sites excluding steroid dienone is 2. The highest BCUT2D eigenvalue weighted by atomic mass is 16.6. The molecule has 0 spiro atoms. The van der Waals surface area contributed by atoms with Gasteiger partial charge < -0.3 is 19.7 Å². The maximum absolute atomic E-state index is 12.4. The number of para-hydroxylation sites is 1. The van der Waals surface area contributed by atoms with Crippen molar-refractivity contribution < 1.29 is 23.9 Å². The van der Waals surface area contributed by atoms with Crippen molar-refractivity contribution in [2.75, 3.05) is 43.1 Å². The summed E-state index contributed by atoms with van der Waals surface area (Å²) >= 11 is 0. The second kappa shape index (κ2) is 13.6. The van der Waals surface area contributed by atoms with E-state index in [9.17, 15) is 14.4 Å². The number of nitrogens with one attached hydrogen (secondary N) is 2. The molecule has 2 aromatic rings. The topological polar surface area (TPSA) is 97.0 Å². The zero-order valence-corrected chi connectivity index (χ0v) is 21.9. The van der Waals surface area contributed by atoms with Gasteiger partial charge in [-0.05, 0) is 75.6 Å². The minimum absolute atomic E-state index is 0.0668. The van der Waals surface area contributed by atoms with Crippen LogP contribution in [0.5, 0.6) is 0 Å². The number of rotatable bonds is 10. The van der Waals surface area contributed by atoms with Crippen LogP contribution in [0.4, 0.5) is 16.2 Å². The van der Waals surface area contributed by atoms with Gasteiger partial charge in [0.1, 0.15) is 5.60 Å².